The molecule has 2 aliphatic heterocycles. The highest BCUT2D eigenvalue weighted by atomic mass is 16.5. The van der Waals surface area contributed by atoms with Crippen LogP contribution in [0.2, 0.25) is 0 Å². The molecule has 6 nitrogen and oxygen atoms in total. The molecule has 0 saturated carbocycles. The minimum Gasteiger partial charge on any atom is -0.483 e. The number of aromatic nitrogens is 2. The van der Waals surface area contributed by atoms with Crippen LogP contribution in [0.3, 0.4) is 0 Å². The Kier molecular flexibility index (Phi) is 8.13. The summed E-state index contributed by atoms with van der Waals surface area (Å²) < 4.78 is 11.8. The van der Waals surface area contributed by atoms with Gasteiger partial charge in [-0.3, -0.25) is 0 Å². The zero-order valence-corrected chi connectivity index (χ0v) is 34.4. The first kappa shape index (κ1) is 35.8. The Morgan fingerprint density at radius 1 is 0.571 bits per heavy atom. The molecule has 3 atom stereocenters. The van der Waals surface area contributed by atoms with Crippen LogP contribution >= 0.6 is 0 Å². The van der Waals surface area contributed by atoms with Crippen LogP contribution in [-0.4, -0.2) is 33.1 Å². The Morgan fingerprint density at radius 2 is 1.24 bits per heavy atom. The second kappa shape index (κ2) is 14.3. The number of para-hydroxylation sites is 4. The maximum atomic E-state index is 7.06. The molecule has 13 rings (SSSR count). The largest absolute Gasteiger partial charge is 0.483 e. The van der Waals surface area contributed by atoms with Crippen LogP contribution in [-0.2, 0) is 0 Å². The number of fused-ring (bicyclic) bond motifs is 9. The van der Waals surface area contributed by atoms with Gasteiger partial charge in [-0.25, -0.2) is 9.98 Å². The Morgan fingerprint density at radius 3 is 1.97 bits per heavy atom. The summed E-state index contributed by atoms with van der Waals surface area (Å²) in [7, 11) is 0. The van der Waals surface area contributed by atoms with Crippen molar-refractivity contribution >= 4 is 55.3 Å². The summed E-state index contributed by atoms with van der Waals surface area (Å²) in [5, 5.41) is 8.67. The van der Waals surface area contributed by atoms with Crippen molar-refractivity contribution in [2.45, 2.75) is 31.0 Å². The van der Waals surface area contributed by atoms with Crippen LogP contribution in [0.4, 0.5) is 0 Å². The maximum Gasteiger partial charge on any atom is 0.159 e. The number of hydrogen-bond acceptors (Lipinski definition) is 4. The second-order valence-corrected chi connectivity index (χ2v) is 16.8. The minimum absolute atomic E-state index is 0.0229. The fourth-order valence-electron chi connectivity index (χ4n) is 10.4. The smallest absolute Gasteiger partial charge is 0.159 e. The Balaban J connectivity index is 0.909. The predicted molar refractivity (Wildman–Crippen MR) is 259 cm³/mol. The van der Waals surface area contributed by atoms with Crippen molar-refractivity contribution in [1.82, 2.24) is 14.5 Å². The van der Waals surface area contributed by atoms with E-state index in [1.807, 2.05) is 6.07 Å². The lowest BCUT2D eigenvalue weighted by Crippen LogP contribution is -2.43. The van der Waals surface area contributed by atoms with Crippen molar-refractivity contribution in [2.75, 3.05) is 0 Å². The van der Waals surface area contributed by atoms with Crippen LogP contribution in [0.5, 0.6) is 5.75 Å². The standard InChI is InChI=1S/C57H41N5O/c1-4-16-36(17-5-1)55-58-56(37-18-6-2-7-19-37)60-57(59-55)44-25-15-29-52-53(44)43-24-14-28-51(54(43)63-52)62-48-27-13-11-23-42(48)46-35-39(31-33-50(46)62)38-30-32-49-45(34-38)41-22-10-12-26-47(41)61(49)40-20-8-3-9-21-40/h1-6,8-18,20-35,52-53,57H,7,19H2,(H,58,59,60). The van der Waals surface area contributed by atoms with Crippen LogP contribution in [0.15, 0.2) is 221 Å². The molecule has 3 unspecified atom stereocenters. The van der Waals surface area contributed by atoms with Crippen molar-refractivity contribution in [3.63, 3.8) is 0 Å². The van der Waals surface area contributed by atoms with Gasteiger partial charge in [-0.1, -0.05) is 140 Å². The van der Waals surface area contributed by atoms with E-state index in [0.29, 0.717) is 0 Å². The molecule has 1 N–H and O–H groups in total. The molecule has 0 amide bonds. The van der Waals surface area contributed by atoms with Gasteiger partial charge in [-0.15, -0.1) is 0 Å². The van der Waals surface area contributed by atoms with Gasteiger partial charge < -0.3 is 19.2 Å². The number of benzene rings is 7. The average molecular weight is 812 g/mol. The molecule has 0 bridgehead atoms. The van der Waals surface area contributed by atoms with E-state index in [1.165, 1.54) is 60.4 Å². The van der Waals surface area contributed by atoms with E-state index in [4.69, 9.17) is 14.7 Å². The van der Waals surface area contributed by atoms with Gasteiger partial charge in [0.15, 0.2) is 5.84 Å². The molecular formula is C57H41N5O. The molecule has 7 aromatic carbocycles. The molecular weight excluding hydrogens is 771 g/mol. The van der Waals surface area contributed by atoms with E-state index in [1.54, 1.807) is 0 Å². The van der Waals surface area contributed by atoms with E-state index in [9.17, 15) is 0 Å². The molecule has 4 heterocycles. The number of nitrogens with zero attached hydrogens (tertiary/aromatic N) is 4. The highest BCUT2D eigenvalue weighted by molar-refractivity contribution is 6.14. The highest BCUT2D eigenvalue weighted by Crippen LogP contribution is 2.50. The predicted octanol–water partition coefficient (Wildman–Crippen LogP) is 12.9. The SMILES string of the molecule is C1=CCCC(C2=NC(c3ccccc3)=NC(C3=CC=CC4Oc5c(cccc5-n5c6ccccc6c6cc(-c7ccc8c(c7)c7ccccc7n8-c7ccccc7)ccc65)C34)N2)=C1. The molecule has 2 aromatic heterocycles. The molecule has 0 saturated heterocycles. The van der Waals surface area contributed by atoms with Crippen molar-refractivity contribution in [2.24, 2.45) is 9.98 Å². The van der Waals surface area contributed by atoms with Gasteiger partial charge in [0.25, 0.3) is 0 Å². The lowest BCUT2D eigenvalue weighted by Gasteiger charge is -2.31. The van der Waals surface area contributed by atoms with Gasteiger partial charge in [0.1, 0.15) is 23.9 Å². The van der Waals surface area contributed by atoms with Crippen LogP contribution in [0.1, 0.15) is 29.9 Å². The van der Waals surface area contributed by atoms with E-state index >= 15 is 0 Å². The molecule has 9 aromatic rings. The monoisotopic (exact) mass is 811 g/mol. The van der Waals surface area contributed by atoms with E-state index in [-0.39, 0.29) is 18.2 Å². The Labute approximate surface area is 364 Å². The fourth-order valence-corrected chi connectivity index (χ4v) is 10.4. The number of aliphatic imine (C=N–C) groups is 2. The van der Waals surface area contributed by atoms with Gasteiger partial charge in [-0.2, -0.15) is 0 Å². The molecule has 0 spiro atoms. The number of allylic oxidation sites excluding steroid dienone is 5. The van der Waals surface area contributed by atoms with Gasteiger partial charge in [-0.05, 0) is 95.8 Å². The summed E-state index contributed by atoms with van der Waals surface area (Å²) in [5.41, 5.74) is 13.8. The first-order chi connectivity index (χ1) is 31.2. The summed E-state index contributed by atoms with van der Waals surface area (Å²) in [4.78, 5) is 10.4. The Bertz CT molecular complexity index is 3530. The third-order valence-electron chi connectivity index (χ3n) is 13.2. The van der Waals surface area contributed by atoms with E-state index in [2.05, 4.69) is 209 Å². The third-order valence-corrected chi connectivity index (χ3v) is 13.2. The number of amidine groups is 2. The maximum absolute atomic E-state index is 7.06. The van der Waals surface area contributed by atoms with Crippen LogP contribution < -0.4 is 10.1 Å². The van der Waals surface area contributed by atoms with Crippen molar-refractivity contribution in [3.8, 4) is 28.3 Å². The lowest BCUT2D eigenvalue weighted by molar-refractivity contribution is 0.261. The number of nitrogens with one attached hydrogen (secondary N) is 1. The summed E-state index contributed by atoms with van der Waals surface area (Å²) in [5.74, 6) is 2.52. The molecule has 2 aliphatic carbocycles. The van der Waals surface area contributed by atoms with E-state index < -0.39 is 0 Å². The first-order valence-electron chi connectivity index (χ1n) is 21.9. The topological polar surface area (TPSA) is 55.8 Å². The van der Waals surface area contributed by atoms with Gasteiger partial charge in [0.2, 0.25) is 0 Å². The molecule has 0 radical (unpaired) electrons. The molecule has 63 heavy (non-hydrogen) atoms. The number of hydrogen-bond donors (Lipinski definition) is 1. The van der Waals surface area contributed by atoms with Crippen LogP contribution in [0, 0.1) is 0 Å². The molecule has 4 aliphatic rings. The number of rotatable bonds is 6. The summed E-state index contributed by atoms with van der Waals surface area (Å²) in [6.07, 6.45) is 14.5. The zero-order chi connectivity index (χ0) is 41.4. The van der Waals surface area contributed by atoms with Crippen molar-refractivity contribution in [3.05, 3.63) is 223 Å². The summed E-state index contributed by atoms with van der Waals surface area (Å²) >= 11 is 0. The van der Waals surface area contributed by atoms with Crippen molar-refractivity contribution < 1.29 is 4.74 Å². The normalized spacial score (nSPS) is 19.0. The van der Waals surface area contributed by atoms with E-state index in [0.717, 1.165) is 58.2 Å². The zero-order valence-electron chi connectivity index (χ0n) is 34.4. The van der Waals surface area contributed by atoms with Gasteiger partial charge >= 0.3 is 0 Å². The summed E-state index contributed by atoms with van der Waals surface area (Å²) in [6.45, 7) is 0. The minimum atomic E-state index is -0.309. The van der Waals surface area contributed by atoms with Crippen molar-refractivity contribution in [1.29, 1.82) is 0 Å². The van der Waals surface area contributed by atoms with Gasteiger partial charge in [0, 0.05) is 38.4 Å². The first-order valence-corrected chi connectivity index (χ1v) is 21.9. The molecule has 6 heteroatoms. The quantitative estimate of drug-likeness (QED) is 0.182. The molecule has 300 valence electrons. The molecule has 0 fully saturated rings. The third kappa shape index (κ3) is 5.71. The fraction of sp³-hybridized carbons (Fsp3) is 0.0877. The second-order valence-electron chi connectivity index (χ2n) is 16.8. The highest BCUT2D eigenvalue weighted by Gasteiger charge is 2.42. The van der Waals surface area contributed by atoms with Gasteiger partial charge in [0.05, 0.1) is 33.7 Å². The summed E-state index contributed by atoms with van der Waals surface area (Å²) in [6, 6.07) is 58.9. The average Bonchev–Trinajstić information content (AvgIpc) is 4.02. The number of ether oxygens (including phenoxy) is 1. The Hall–Kier alpha value is -7.96. The lowest BCUT2D eigenvalue weighted by atomic mass is 9.83. The van der Waals surface area contributed by atoms with Crippen LogP contribution in [0.25, 0.3) is 66.1 Å².